The van der Waals surface area contributed by atoms with Gasteiger partial charge in [-0.05, 0) is 78.9 Å². The molecule has 0 aromatic carbocycles. The Kier molecular flexibility index (Phi) is 4.42. The lowest BCUT2D eigenvalue weighted by Crippen LogP contribution is -2.55. The highest BCUT2D eigenvalue weighted by Gasteiger charge is 2.64. The van der Waals surface area contributed by atoms with Crippen LogP contribution >= 0.6 is 0 Å². The number of rotatable bonds is 2. The lowest BCUT2D eigenvalue weighted by Gasteiger charge is -2.60. The van der Waals surface area contributed by atoms with Crippen LogP contribution in [0.25, 0.3) is 0 Å². The predicted octanol–water partition coefficient (Wildman–Crippen LogP) is 2.66. The van der Waals surface area contributed by atoms with E-state index < -0.39 is 17.7 Å². The number of aliphatic hydroxyl groups is 3. The Bertz CT molecular complexity index is 652. The van der Waals surface area contributed by atoms with E-state index in [0.717, 1.165) is 44.9 Å². The highest BCUT2D eigenvalue weighted by Crippen LogP contribution is 2.68. The zero-order chi connectivity index (χ0) is 19.8. The van der Waals surface area contributed by atoms with Crippen molar-refractivity contribution in [3.05, 3.63) is 0 Å². The van der Waals surface area contributed by atoms with Crippen LogP contribution in [0.2, 0.25) is 0 Å². The number of carbonyl (C=O) groups is 2. The Labute approximate surface area is 161 Å². The largest absolute Gasteiger partial charge is 0.339 e. The average Bonchev–Trinajstić information content (AvgIpc) is 2.84. The van der Waals surface area contributed by atoms with Gasteiger partial charge in [-0.2, -0.15) is 0 Å². The Hall–Kier alpha value is -0.780. The van der Waals surface area contributed by atoms with E-state index >= 15 is 0 Å². The van der Waals surface area contributed by atoms with Crippen molar-refractivity contribution in [3.8, 4) is 0 Å². The molecule has 4 saturated carbocycles. The number of hydrogen-bond acceptors (Lipinski definition) is 5. The minimum Gasteiger partial charge on any atom is -0.337 e. The van der Waals surface area contributed by atoms with Crippen molar-refractivity contribution in [2.75, 3.05) is 0 Å². The molecule has 4 fully saturated rings. The second-order valence-electron chi connectivity index (χ2n) is 10.6. The summed E-state index contributed by atoms with van der Waals surface area (Å²) in [6, 6.07) is 0. The van der Waals surface area contributed by atoms with Gasteiger partial charge >= 0.3 is 5.97 Å². The maximum Gasteiger partial charge on any atom is 0.339 e. The molecule has 4 aliphatic carbocycles. The van der Waals surface area contributed by atoms with Gasteiger partial charge in [0.15, 0.2) is 0 Å². The molecule has 0 spiro atoms. The first-order chi connectivity index (χ1) is 12.5. The molecule has 0 heterocycles. The van der Waals surface area contributed by atoms with Crippen LogP contribution in [0.15, 0.2) is 0 Å². The predicted molar refractivity (Wildman–Crippen MR) is 99.2 cm³/mol. The maximum atomic E-state index is 12.6. The standard InChI is InChI=1S/C22H34O5/c1-12-10-17-15-5-4-13-11-14(23)6-8-20(13,2)16(15)7-9-21(17,3)18(12)19(24)22(25,26)27/h12-13,15-18,25-27H,4-11H2,1-3H3/t12-,13-,15+,16-,17-,18+,20-,21-/m0/s1. The molecule has 152 valence electrons. The van der Waals surface area contributed by atoms with E-state index in [4.69, 9.17) is 0 Å². The molecule has 0 bridgehead atoms. The van der Waals surface area contributed by atoms with Gasteiger partial charge in [0.05, 0.1) is 0 Å². The molecular formula is C22H34O5. The van der Waals surface area contributed by atoms with E-state index in [-0.39, 0.29) is 16.7 Å². The van der Waals surface area contributed by atoms with Gasteiger partial charge in [0.25, 0.3) is 0 Å². The van der Waals surface area contributed by atoms with Gasteiger partial charge < -0.3 is 15.3 Å². The van der Waals surface area contributed by atoms with Crippen LogP contribution < -0.4 is 0 Å². The zero-order valence-electron chi connectivity index (χ0n) is 16.8. The topological polar surface area (TPSA) is 94.8 Å². The van der Waals surface area contributed by atoms with Crippen LogP contribution in [-0.4, -0.2) is 32.9 Å². The van der Waals surface area contributed by atoms with Crippen molar-refractivity contribution in [2.45, 2.75) is 78.1 Å². The van der Waals surface area contributed by atoms with Crippen LogP contribution in [0.4, 0.5) is 0 Å². The molecule has 27 heavy (non-hydrogen) atoms. The van der Waals surface area contributed by atoms with Crippen molar-refractivity contribution in [1.82, 2.24) is 0 Å². The smallest absolute Gasteiger partial charge is 0.337 e. The van der Waals surface area contributed by atoms with Gasteiger partial charge in [0, 0.05) is 18.8 Å². The van der Waals surface area contributed by atoms with E-state index in [9.17, 15) is 24.9 Å². The molecule has 3 N–H and O–H groups in total. The van der Waals surface area contributed by atoms with Gasteiger partial charge in [-0.25, -0.2) is 0 Å². The fourth-order valence-corrected chi connectivity index (χ4v) is 8.18. The van der Waals surface area contributed by atoms with Crippen LogP contribution in [0.1, 0.15) is 72.1 Å². The fourth-order valence-electron chi connectivity index (χ4n) is 8.18. The highest BCUT2D eigenvalue weighted by atomic mass is 16.7. The number of Topliss-reactive ketones (excluding diaryl/α,β-unsaturated/α-hetero) is 2. The third kappa shape index (κ3) is 2.76. The van der Waals surface area contributed by atoms with Gasteiger partial charge in [0.1, 0.15) is 5.78 Å². The summed E-state index contributed by atoms with van der Waals surface area (Å²) in [6.07, 6.45) is 7.45. The van der Waals surface area contributed by atoms with Crippen LogP contribution in [0.3, 0.4) is 0 Å². The summed E-state index contributed by atoms with van der Waals surface area (Å²) in [6.45, 7) is 6.54. The second-order valence-corrected chi connectivity index (χ2v) is 10.6. The molecule has 0 radical (unpaired) electrons. The summed E-state index contributed by atoms with van der Waals surface area (Å²) in [5.41, 5.74) is -0.0665. The lowest BCUT2D eigenvalue weighted by molar-refractivity contribution is -0.292. The van der Waals surface area contributed by atoms with Crippen molar-refractivity contribution in [2.24, 2.45) is 46.3 Å². The molecule has 4 rings (SSSR count). The van der Waals surface area contributed by atoms with Crippen molar-refractivity contribution in [1.29, 1.82) is 0 Å². The summed E-state index contributed by atoms with van der Waals surface area (Å²) >= 11 is 0. The van der Waals surface area contributed by atoms with Gasteiger partial charge in [0.2, 0.25) is 5.78 Å². The summed E-state index contributed by atoms with van der Waals surface area (Å²) in [5.74, 6) is -2.13. The summed E-state index contributed by atoms with van der Waals surface area (Å²) in [7, 11) is 0. The number of ketones is 2. The first kappa shape index (κ1) is 19.5. The molecule has 5 heteroatoms. The Balaban J connectivity index is 1.64. The third-order valence-corrected chi connectivity index (χ3v) is 9.44. The first-order valence-electron chi connectivity index (χ1n) is 10.7. The van der Waals surface area contributed by atoms with Crippen LogP contribution in [0.5, 0.6) is 0 Å². The normalized spacial score (nSPS) is 49.9. The molecule has 0 unspecified atom stereocenters. The third-order valence-electron chi connectivity index (χ3n) is 9.44. The second kappa shape index (κ2) is 6.11. The zero-order valence-corrected chi connectivity index (χ0v) is 16.8. The van der Waals surface area contributed by atoms with E-state index in [1.54, 1.807) is 0 Å². The van der Waals surface area contributed by atoms with E-state index in [2.05, 4.69) is 13.8 Å². The first-order valence-corrected chi connectivity index (χ1v) is 10.7. The minimum atomic E-state index is -3.24. The van der Waals surface area contributed by atoms with Gasteiger partial charge in [-0.1, -0.05) is 20.8 Å². The summed E-state index contributed by atoms with van der Waals surface area (Å²) in [4.78, 5) is 24.6. The Morgan fingerprint density at radius 2 is 1.74 bits per heavy atom. The molecule has 0 amide bonds. The van der Waals surface area contributed by atoms with Crippen molar-refractivity contribution in [3.63, 3.8) is 0 Å². The molecule has 0 aromatic heterocycles. The molecule has 0 aromatic rings. The lowest BCUT2D eigenvalue weighted by atomic mass is 9.44. The fraction of sp³-hybridized carbons (Fsp3) is 0.909. The van der Waals surface area contributed by atoms with Crippen molar-refractivity contribution < 1.29 is 24.9 Å². The van der Waals surface area contributed by atoms with Gasteiger partial charge in [-0.15, -0.1) is 0 Å². The minimum absolute atomic E-state index is 0.0375. The van der Waals surface area contributed by atoms with Gasteiger partial charge in [-0.3, -0.25) is 9.59 Å². The van der Waals surface area contributed by atoms with Crippen molar-refractivity contribution >= 4 is 11.6 Å². The quantitative estimate of drug-likeness (QED) is 0.642. The molecular weight excluding hydrogens is 344 g/mol. The molecule has 8 atom stereocenters. The van der Waals surface area contributed by atoms with E-state index in [1.807, 2.05) is 6.92 Å². The highest BCUT2D eigenvalue weighted by molar-refractivity contribution is 5.87. The molecule has 0 aliphatic heterocycles. The van der Waals surface area contributed by atoms with Crippen LogP contribution in [-0.2, 0) is 9.59 Å². The Morgan fingerprint density at radius 3 is 2.41 bits per heavy atom. The molecule has 0 saturated heterocycles. The van der Waals surface area contributed by atoms with E-state index in [0.29, 0.717) is 35.9 Å². The number of fused-ring (bicyclic) bond motifs is 5. The van der Waals surface area contributed by atoms with Crippen LogP contribution in [0, 0.1) is 46.3 Å². The summed E-state index contributed by atoms with van der Waals surface area (Å²) in [5, 5.41) is 28.7. The number of carbonyl (C=O) groups excluding carboxylic acids is 2. The SMILES string of the molecule is C[C@H]1C[C@H]2[C@@H]3CC[C@H]4CC(=O)CC[C@]4(C)[C@H]3CC[C@]2(C)[C@H]1C(=O)C(O)(O)O. The average molecular weight is 379 g/mol. The maximum absolute atomic E-state index is 12.6. The van der Waals surface area contributed by atoms with E-state index in [1.165, 1.54) is 0 Å². The monoisotopic (exact) mass is 378 g/mol. The summed E-state index contributed by atoms with van der Waals surface area (Å²) < 4.78 is 0. The number of hydrogen-bond donors (Lipinski definition) is 3. The Morgan fingerprint density at radius 1 is 1.04 bits per heavy atom. The molecule has 4 aliphatic rings. The molecule has 5 nitrogen and oxygen atoms in total.